The van der Waals surface area contributed by atoms with Crippen molar-refractivity contribution in [2.75, 3.05) is 6.61 Å². The molecular weight excluding hydrogens is 298 g/mol. The first-order chi connectivity index (χ1) is 10.6. The molecule has 0 aliphatic rings. The third-order valence-electron chi connectivity index (χ3n) is 3.37. The second kappa shape index (κ2) is 8.00. The van der Waals surface area contributed by atoms with Gasteiger partial charge in [-0.05, 0) is 24.5 Å². The highest BCUT2D eigenvalue weighted by Crippen LogP contribution is 2.21. The van der Waals surface area contributed by atoms with Crippen LogP contribution in [0.15, 0.2) is 29.8 Å². The van der Waals surface area contributed by atoms with Gasteiger partial charge in [-0.15, -0.1) is 11.3 Å². The lowest BCUT2D eigenvalue weighted by atomic mass is 10.0. The first kappa shape index (κ1) is 16.6. The van der Waals surface area contributed by atoms with Crippen LogP contribution in [0.25, 0.3) is 10.7 Å². The Morgan fingerprint density at radius 3 is 2.86 bits per heavy atom. The SMILES string of the molecule is CC(C)C(CCO)NC(=O)Cc1csc(-c2ccccn2)n1. The molecule has 2 N–H and O–H groups in total. The van der Waals surface area contributed by atoms with Gasteiger partial charge in [0, 0.05) is 24.2 Å². The summed E-state index contributed by atoms with van der Waals surface area (Å²) in [5.41, 5.74) is 1.56. The average Bonchev–Trinajstić information content (AvgIpc) is 2.96. The number of thiazole rings is 1. The number of hydrogen-bond donors (Lipinski definition) is 2. The molecule has 0 aromatic carbocycles. The molecule has 0 radical (unpaired) electrons. The summed E-state index contributed by atoms with van der Waals surface area (Å²) >= 11 is 1.49. The Balaban J connectivity index is 1.96. The molecule has 1 atom stereocenters. The smallest absolute Gasteiger partial charge is 0.226 e. The van der Waals surface area contributed by atoms with E-state index in [-0.39, 0.29) is 30.9 Å². The summed E-state index contributed by atoms with van der Waals surface area (Å²) in [7, 11) is 0. The van der Waals surface area contributed by atoms with Gasteiger partial charge in [0.15, 0.2) is 0 Å². The lowest BCUT2D eigenvalue weighted by Gasteiger charge is -2.21. The van der Waals surface area contributed by atoms with Crippen LogP contribution < -0.4 is 5.32 Å². The van der Waals surface area contributed by atoms with E-state index in [9.17, 15) is 4.79 Å². The van der Waals surface area contributed by atoms with Crippen LogP contribution in [0, 0.1) is 5.92 Å². The average molecular weight is 319 g/mol. The molecular formula is C16H21N3O2S. The van der Waals surface area contributed by atoms with Crippen molar-refractivity contribution in [1.29, 1.82) is 0 Å². The topological polar surface area (TPSA) is 75.1 Å². The molecule has 2 aromatic rings. The molecule has 0 aliphatic carbocycles. The monoisotopic (exact) mass is 319 g/mol. The maximum absolute atomic E-state index is 12.1. The van der Waals surface area contributed by atoms with Gasteiger partial charge in [0.25, 0.3) is 0 Å². The number of carbonyl (C=O) groups is 1. The van der Waals surface area contributed by atoms with E-state index >= 15 is 0 Å². The van der Waals surface area contributed by atoms with Crippen molar-refractivity contribution in [3.63, 3.8) is 0 Å². The number of aromatic nitrogens is 2. The minimum atomic E-state index is -0.0648. The lowest BCUT2D eigenvalue weighted by molar-refractivity contribution is -0.121. The maximum atomic E-state index is 12.1. The molecule has 118 valence electrons. The fraction of sp³-hybridized carbons (Fsp3) is 0.438. The Hall–Kier alpha value is -1.79. The molecule has 5 nitrogen and oxygen atoms in total. The second-order valence-corrected chi connectivity index (χ2v) is 6.32. The third kappa shape index (κ3) is 4.61. The Bertz CT molecular complexity index is 598. The number of pyridine rings is 1. The van der Waals surface area contributed by atoms with Crippen molar-refractivity contribution in [2.45, 2.75) is 32.7 Å². The maximum Gasteiger partial charge on any atom is 0.226 e. The fourth-order valence-corrected chi connectivity index (χ4v) is 2.92. The van der Waals surface area contributed by atoms with E-state index in [0.29, 0.717) is 6.42 Å². The molecule has 1 amide bonds. The van der Waals surface area contributed by atoms with Gasteiger partial charge in [-0.2, -0.15) is 0 Å². The molecule has 0 bridgehead atoms. The number of nitrogens with zero attached hydrogens (tertiary/aromatic N) is 2. The van der Waals surface area contributed by atoms with E-state index in [2.05, 4.69) is 15.3 Å². The van der Waals surface area contributed by atoms with Crippen molar-refractivity contribution < 1.29 is 9.90 Å². The number of aliphatic hydroxyl groups is 1. The summed E-state index contributed by atoms with van der Waals surface area (Å²) in [4.78, 5) is 20.8. The minimum Gasteiger partial charge on any atom is -0.396 e. The predicted molar refractivity (Wildman–Crippen MR) is 87.5 cm³/mol. The minimum absolute atomic E-state index is 0.00797. The Kier molecular flexibility index (Phi) is 6.03. The molecule has 0 saturated heterocycles. The van der Waals surface area contributed by atoms with Crippen molar-refractivity contribution >= 4 is 17.2 Å². The number of hydrogen-bond acceptors (Lipinski definition) is 5. The van der Waals surface area contributed by atoms with E-state index in [0.717, 1.165) is 16.4 Å². The molecule has 6 heteroatoms. The lowest BCUT2D eigenvalue weighted by Crippen LogP contribution is -2.40. The van der Waals surface area contributed by atoms with E-state index < -0.39 is 0 Å². The number of rotatable bonds is 7. The van der Waals surface area contributed by atoms with Crippen LogP contribution in [0.2, 0.25) is 0 Å². The van der Waals surface area contributed by atoms with Crippen LogP contribution in [-0.2, 0) is 11.2 Å². The number of amides is 1. The molecule has 0 spiro atoms. The Labute approximate surface area is 134 Å². The van der Waals surface area contributed by atoms with Crippen LogP contribution in [0.1, 0.15) is 26.0 Å². The molecule has 22 heavy (non-hydrogen) atoms. The van der Waals surface area contributed by atoms with E-state index in [1.807, 2.05) is 37.4 Å². The van der Waals surface area contributed by atoms with Crippen molar-refractivity contribution in [1.82, 2.24) is 15.3 Å². The Morgan fingerprint density at radius 1 is 1.41 bits per heavy atom. The number of aliphatic hydroxyl groups excluding tert-OH is 1. The second-order valence-electron chi connectivity index (χ2n) is 5.47. The predicted octanol–water partition coefficient (Wildman–Crippen LogP) is 2.27. The van der Waals surface area contributed by atoms with Gasteiger partial charge in [0.05, 0.1) is 17.8 Å². The summed E-state index contributed by atoms with van der Waals surface area (Å²) in [6, 6.07) is 5.67. The van der Waals surface area contributed by atoms with Gasteiger partial charge in [0.1, 0.15) is 5.01 Å². The number of carbonyl (C=O) groups excluding carboxylic acids is 1. The number of nitrogens with one attached hydrogen (secondary N) is 1. The largest absolute Gasteiger partial charge is 0.396 e. The highest BCUT2D eigenvalue weighted by molar-refractivity contribution is 7.13. The van der Waals surface area contributed by atoms with Crippen molar-refractivity contribution in [3.05, 3.63) is 35.5 Å². The zero-order valence-corrected chi connectivity index (χ0v) is 13.6. The zero-order chi connectivity index (χ0) is 15.9. The first-order valence-electron chi connectivity index (χ1n) is 7.36. The van der Waals surface area contributed by atoms with E-state index in [1.165, 1.54) is 11.3 Å². The van der Waals surface area contributed by atoms with Gasteiger partial charge in [-0.25, -0.2) is 4.98 Å². The normalized spacial score (nSPS) is 12.4. The Morgan fingerprint density at radius 2 is 2.23 bits per heavy atom. The summed E-state index contributed by atoms with van der Waals surface area (Å²) in [5.74, 6) is 0.223. The standard InChI is InChI=1S/C16H21N3O2S/c1-11(2)13(6-8-20)19-15(21)9-12-10-22-16(18-12)14-5-3-4-7-17-14/h3-5,7,10-11,13,20H,6,8-9H2,1-2H3,(H,19,21). The van der Waals surface area contributed by atoms with Gasteiger partial charge < -0.3 is 10.4 Å². The first-order valence-corrected chi connectivity index (χ1v) is 8.24. The molecule has 0 fully saturated rings. The van der Waals surface area contributed by atoms with E-state index in [1.54, 1.807) is 6.20 Å². The molecule has 2 heterocycles. The third-order valence-corrected chi connectivity index (χ3v) is 4.28. The summed E-state index contributed by atoms with van der Waals surface area (Å²) in [6.45, 7) is 4.13. The highest BCUT2D eigenvalue weighted by atomic mass is 32.1. The molecule has 0 aliphatic heterocycles. The highest BCUT2D eigenvalue weighted by Gasteiger charge is 2.17. The summed E-state index contributed by atoms with van der Waals surface area (Å²) in [5, 5.41) is 14.7. The zero-order valence-electron chi connectivity index (χ0n) is 12.8. The summed E-state index contributed by atoms with van der Waals surface area (Å²) in [6.07, 6.45) is 2.54. The molecule has 0 saturated carbocycles. The van der Waals surface area contributed by atoms with Crippen molar-refractivity contribution in [3.8, 4) is 10.7 Å². The quantitative estimate of drug-likeness (QED) is 0.821. The van der Waals surface area contributed by atoms with Gasteiger partial charge in [-0.1, -0.05) is 19.9 Å². The van der Waals surface area contributed by atoms with Gasteiger partial charge in [0.2, 0.25) is 5.91 Å². The van der Waals surface area contributed by atoms with Crippen LogP contribution in [-0.4, -0.2) is 33.6 Å². The van der Waals surface area contributed by atoms with Gasteiger partial charge in [-0.3, -0.25) is 9.78 Å². The summed E-state index contributed by atoms with van der Waals surface area (Å²) < 4.78 is 0. The fourth-order valence-electron chi connectivity index (χ4n) is 2.13. The van der Waals surface area contributed by atoms with E-state index in [4.69, 9.17) is 5.11 Å². The van der Waals surface area contributed by atoms with Gasteiger partial charge >= 0.3 is 0 Å². The molecule has 1 unspecified atom stereocenters. The van der Waals surface area contributed by atoms with Crippen molar-refractivity contribution in [2.24, 2.45) is 5.92 Å². The van der Waals surface area contributed by atoms with Crippen LogP contribution in [0.4, 0.5) is 0 Å². The van der Waals surface area contributed by atoms with Crippen LogP contribution >= 0.6 is 11.3 Å². The molecule has 2 aromatic heterocycles. The van der Waals surface area contributed by atoms with Crippen LogP contribution in [0.3, 0.4) is 0 Å². The molecule has 2 rings (SSSR count). The van der Waals surface area contributed by atoms with Crippen LogP contribution in [0.5, 0.6) is 0 Å².